The van der Waals surface area contributed by atoms with Crippen LogP contribution in [0.25, 0.3) is 0 Å². The summed E-state index contributed by atoms with van der Waals surface area (Å²) in [5, 5.41) is 4.85. The summed E-state index contributed by atoms with van der Waals surface area (Å²) in [6.45, 7) is -0.372. The quantitative estimate of drug-likeness (QED) is 0.539. The van der Waals surface area contributed by atoms with E-state index in [9.17, 15) is 22.4 Å². The Bertz CT molecular complexity index is 1150. The zero-order chi connectivity index (χ0) is 21.6. The number of amides is 2. The molecule has 0 spiro atoms. The Morgan fingerprint density at radius 3 is 2.10 bits per heavy atom. The molecule has 0 radical (unpaired) electrons. The van der Waals surface area contributed by atoms with Crippen LogP contribution in [-0.4, -0.2) is 26.8 Å². The van der Waals surface area contributed by atoms with Gasteiger partial charge in [0.25, 0.3) is 15.9 Å². The molecule has 0 saturated carbocycles. The van der Waals surface area contributed by atoms with Gasteiger partial charge in [0.05, 0.1) is 17.0 Å². The molecule has 0 bridgehead atoms. The van der Waals surface area contributed by atoms with Gasteiger partial charge in [-0.05, 0) is 48.5 Å². The number of nitrogens with one attached hydrogen (secondary N) is 3. The van der Waals surface area contributed by atoms with Gasteiger partial charge >= 0.3 is 0 Å². The van der Waals surface area contributed by atoms with Crippen LogP contribution in [0.3, 0.4) is 0 Å². The van der Waals surface area contributed by atoms with E-state index in [0.29, 0.717) is 11.4 Å². The number of para-hydroxylation sites is 1. The fraction of sp³-hybridized carbons (Fsp3) is 0.0476. The van der Waals surface area contributed by atoms with Crippen molar-refractivity contribution in [2.24, 2.45) is 0 Å². The van der Waals surface area contributed by atoms with E-state index in [4.69, 9.17) is 0 Å². The zero-order valence-corrected chi connectivity index (χ0v) is 16.4. The highest BCUT2D eigenvalue weighted by molar-refractivity contribution is 7.92. The second-order valence-electron chi connectivity index (χ2n) is 6.21. The van der Waals surface area contributed by atoms with Gasteiger partial charge in [0.2, 0.25) is 5.91 Å². The first-order valence-electron chi connectivity index (χ1n) is 8.86. The molecule has 7 nitrogen and oxygen atoms in total. The van der Waals surface area contributed by atoms with Gasteiger partial charge in [-0.2, -0.15) is 0 Å². The number of anilines is 2. The molecule has 0 aromatic heterocycles. The number of benzene rings is 3. The van der Waals surface area contributed by atoms with Gasteiger partial charge < -0.3 is 10.6 Å². The fourth-order valence-electron chi connectivity index (χ4n) is 2.54. The van der Waals surface area contributed by atoms with E-state index in [0.717, 1.165) is 6.07 Å². The molecule has 0 aliphatic rings. The maximum Gasteiger partial charge on any atom is 0.261 e. The third kappa shape index (κ3) is 5.42. The van der Waals surface area contributed by atoms with Crippen LogP contribution in [0.2, 0.25) is 0 Å². The van der Waals surface area contributed by atoms with Crippen molar-refractivity contribution in [3.63, 3.8) is 0 Å². The lowest BCUT2D eigenvalue weighted by atomic mass is 10.2. The molecule has 0 aliphatic heterocycles. The van der Waals surface area contributed by atoms with Crippen LogP contribution < -0.4 is 15.4 Å². The predicted molar refractivity (Wildman–Crippen MR) is 111 cm³/mol. The van der Waals surface area contributed by atoms with E-state index in [1.54, 1.807) is 30.3 Å². The summed E-state index contributed by atoms with van der Waals surface area (Å²) in [6.07, 6.45) is 0. The monoisotopic (exact) mass is 427 g/mol. The second kappa shape index (κ2) is 9.19. The Morgan fingerprint density at radius 1 is 0.800 bits per heavy atom. The first-order chi connectivity index (χ1) is 14.3. The van der Waals surface area contributed by atoms with Gasteiger partial charge in [0.15, 0.2) is 0 Å². The molecule has 3 rings (SSSR count). The van der Waals surface area contributed by atoms with Crippen LogP contribution in [0, 0.1) is 5.82 Å². The summed E-state index contributed by atoms with van der Waals surface area (Å²) < 4.78 is 40.8. The van der Waals surface area contributed by atoms with Gasteiger partial charge in [-0.3, -0.25) is 14.3 Å². The van der Waals surface area contributed by atoms with Crippen molar-refractivity contribution in [3.8, 4) is 0 Å². The van der Waals surface area contributed by atoms with Crippen molar-refractivity contribution < 1.29 is 22.4 Å². The van der Waals surface area contributed by atoms with Crippen LogP contribution in [0.1, 0.15) is 10.4 Å². The average molecular weight is 427 g/mol. The molecule has 0 atom stereocenters. The molecular weight excluding hydrogens is 409 g/mol. The molecule has 0 unspecified atom stereocenters. The van der Waals surface area contributed by atoms with Crippen molar-refractivity contribution in [1.82, 2.24) is 5.32 Å². The van der Waals surface area contributed by atoms with Crippen LogP contribution in [-0.2, 0) is 14.8 Å². The van der Waals surface area contributed by atoms with Gasteiger partial charge in [-0.1, -0.05) is 30.3 Å². The minimum atomic E-state index is -3.77. The number of halogens is 1. The molecule has 9 heteroatoms. The molecule has 3 aromatic carbocycles. The molecule has 0 aliphatic carbocycles. The third-order valence-electron chi connectivity index (χ3n) is 4.00. The molecule has 0 heterocycles. The van der Waals surface area contributed by atoms with Crippen LogP contribution in [0.4, 0.5) is 15.8 Å². The molecule has 154 valence electrons. The van der Waals surface area contributed by atoms with Gasteiger partial charge in [-0.15, -0.1) is 0 Å². The number of hydrogen-bond acceptors (Lipinski definition) is 4. The van der Waals surface area contributed by atoms with Crippen molar-refractivity contribution in [3.05, 3.63) is 90.2 Å². The van der Waals surface area contributed by atoms with Crippen molar-refractivity contribution >= 4 is 33.2 Å². The Hall–Kier alpha value is -3.72. The topological polar surface area (TPSA) is 104 Å². The Kier molecular flexibility index (Phi) is 6.43. The normalized spacial score (nSPS) is 10.8. The molecule has 30 heavy (non-hydrogen) atoms. The number of carbonyl (C=O) groups excluding carboxylic acids is 2. The predicted octanol–water partition coefficient (Wildman–Crippen LogP) is 3.00. The van der Waals surface area contributed by atoms with Crippen LogP contribution >= 0.6 is 0 Å². The minimum Gasteiger partial charge on any atom is -0.343 e. The van der Waals surface area contributed by atoms with E-state index in [-0.39, 0.29) is 17.0 Å². The Labute approximate surface area is 173 Å². The summed E-state index contributed by atoms with van der Waals surface area (Å²) in [5.74, 6) is -1.94. The van der Waals surface area contributed by atoms with E-state index in [2.05, 4.69) is 15.4 Å². The summed E-state index contributed by atoms with van der Waals surface area (Å²) in [5.41, 5.74) is 0.616. The van der Waals surface area contributed by atoms with Gasteiger partial charge in [0, 0.05) is 11.4 Å². The number of hydrogen-bond donors (Lipinski definition) is 3. The smallest absolute Gasteiger partial charge is 0.261 e. The molecular formula is C21H18FN3O4S. The molecule has 3 aromatic rings. The summed E-state index contributed by atoms with van der Waals surface area (Å²) in [7, 11) is -3.77. The summed E-state index contributed by atoms with van der Waals surface area (Å²) in [6, 6.07) is 19.4. The van der Waals surface area contributed by atoms with Crippen molar-refractivity contribution in [1.29, 1.82) is 0 Å². The molecule has 0 saturated heterocycles. The first kappa shape index (κ1) is 21.0. The van der Waals surface area contributed by atoms with Crippen LogP contribution in [0.15, 0.2) is 83.8 Å². The zero-order valence-electron chi connectivity index (χ0n) is 15.6. The lowest BCUT2D eigenvalue weighted by Gasteiger charge is -2.10. The standard InChI is InChI=1S/C21H18FN3O4S/c22-19-9-5-4-8-18(19)21(27)23-14-20(26)24-15-10-12-17(13-11-15)30(28,29)25-16-6-2-1-3-7-16/h1-13,25H,14H2,(H,23,27)(H,24,26). The highest BCUT2D eigenvalue weighted by Gasteiger charge is 2.15. The van der Waals surface area contributed by atoms with E-state index in [1.807, 2.05) is 0 Å². The third-order valence-corrected chi connectivity index (χ3v) is 5.40. The van der Waals surface area contributed by atoms with Crippen molar-refractivity contribution in [2.75, 3.05) is 16.6 Å². The maximum absolute atomic E-state index is 13.6. The maximum atomic E-state index is 13.6. The van der Waals surface area contributed by atoms with Crippen molar-refractivity contribution in [2.45, 2.75) is 4.90 Å². The van der Waals surface area contributed by atoms with Gasteiger partial charge in [-0.25, -0.2) is 12.8 Å². The highest BCUT2D eigenvalue weighted by Crippen LogP contribution is 2.18. The first-order valence-corrected chi connectivity index (χ1v) is 10.3. The number of carbonyl (C=O) groups is 2. The molecule has 3 N–H and O–H groups in total. The number of sulfonamides is 1. The summed E-state index contributed by atoms with van der Waals surface area (Å²) in [4.78, 5) is 24.0. The fourth-order valence-corrected chi connectivity index (χ4v) is 3.60. The SMILES string of the molecule is O=C(CNC(=O)c1ccccc1F)Nc1ccc(S(=O)(=O)Nc2ccccc2)cc1. The summed E-state index contributed by atoms with van der Waals surface area (Å²) >= 11 is 0. The second-order valence-corrected chi connectivity index (χ2v) is 7.89. The van der Waals surface area contributed by atoms with Crippen LogP contribution in [0.5, 0.6) is 0 Å². The number of rotatable bonds is 7. The van der Waals surface area contributed by atoms with E-state index >= 15 is 0 Å². The van der Waals surface area contributed by atoms with E-state index < -0.39 is 27.7 Å². The lowest BCUT2D eigenvalue weighted by molar-refractivity contribution is -0.115. The Morgan fingerprint density at radius 2 is 1.43 bits per heavy atom. The highest BCUT2D eigenvalue weighted by atomic mass is 32.2. The van der Waals surface area contributed by atoms with E-state index in [1.165, 1.54) is 42.5 Å². The molecule has 2 amide bonds. The minimum absolute atomic E-state index is 0.0252. The van der Waals surface area contributed by atoms with Gasteiger partial charge in [0.1, 0.15) is 5.82 Å². The lowest BCUT2D eigenvalue weighted by Crippen LogP contribution is -2.33. The molecule has 0 fully saturated rings. The largest absolute Gasteiger partial charge is 0.343 e. The Balaban J connectivity index is 1.57. The average Bonchev–Trinajstić information content (AvgIpc) is 2.73.